The van der Waals surface area contributed by atoms with Crippen molar-refractivity contribution >= 4 is 114 Å². The Hall–Kier alpha value is -0.220. The third-order valence-corrected chi connectivity index (χ3v) is 10.9. The van der Waals surface area contributed by atoms with Crippen LogP contribution in [0, 0.1) is 6.08 Å². The average molecular weight is 1190 g/mol. The largest absolute Gasteiger partial charge is 1.00 e. The number of benzene rings is 4. The molecule has 31 heteroatoms. The Morgan fingerprint density at radius 1 is 0.887 bits per heavy atom. The Labute approximate surface area is 450 Å². The number of phenolic OH excluding ortho intramolecular Hbond substituents is 1. The zero-order valence-corrected chi connectivity index (χ0v) is 47.1. The van der Waals surface area contributed by atoms with Crippen molar-refractivity contribution in [3.05, 3.63) is 72.8 Å². The number of sulfone groups is 1. The fourth-order valence-corrected chi connectivity index (χ4v) is 7.30. The number of quaternary nitrogens is 1. The van der Waals surface area contributed by atoms with Crippen LogP contribution in [0.25, 0.3) is 10.8 Å². The van der Waals surface area contributed by atoms with Gasteiger partial charge in [0.1, 0.15) is 21.5 Å². The van der Waals surface area contributed by atoms with Crippen LogP contribution in [0.1, 0.15) is 0 Å². The Morgan fingerprint density at radius 2 is 1.48 bits per heavy atom. The van der Waals surface area contributed by atoms with E-state index < -0.39 is 54.1 Å². The molecule has 3 N–H and O–H groups in total. The van der Waals surface area contributed by atoms with Crippen LogP contribution < -0.4 is 132 Å². The summed E-state index contributed by atoms with van der Waals surface area (Å²) in [6.45, 7) is -0.342. The second kappa shape index (κ2) is 28.2. The van der Waals surface area contributed by atoms with Crippen LogP contribution in [0.5, 0.6) is 5.75 Å². The van der Waals surface area contributed by atoms with Gasteiger partial charge in [-0.1, -0.05) is 0 Å². The third-order valence-electron chi connectivity index (χ3n) is 7.33. The van der Waals surface area contributed by atoms with Gasteiger partial charge in [0.25, 0.3) is 0 Å². The quantitative estimate of drug-likeness (QED) is 0.00702. The molecule has 1 aromatic heterocycles. The van der Waals surface area contributed by atoms with E-state index in [1.807, 2.05) is 33.3 Å². The van der Waals surface area contributed by atoms with E-state index in [1.165, 1.54) is 30.3 Å². The number of halogens is 3. The molecule has 0 amide bonds. The topological polar surface area (TPSA) is 291 Å². The summed E-state index contributed by atoms with van der Waals surface area (Å²) in [5.41, 5.74) is 0.735. The normalized spacial score (nSPS) is 11.6. The molecule has 21 nitrogen and oxygen atoms in total. The average Bonchev–Trinajstić information content (AvgIpc) is 3.16. The van der Waals surface area contributed by atoms with Gasteiger partial charge in [-0.15, -0.1) is 9.45 Å². The number of alkyl halides is 1. The molecule has 4 aromatic carbocycles. The van der Waals surface area contributed by atoms with Crippen molar-refractivity contribution in [2.24, 2.45) is 10.2 Å². The second-order valence-corrected chi connectivity index (χ2v) is 23.1. The fourth-order valence-electron chi connectivity index (χ4n) is 4.75. The maximum Gasteiger partial charge on any atom is 1.00 e. The Bertz CT molecular complexity index is 2490. The zero-order chi connectivity index (χ0) is 43.4. The molecule has 5 aromatic rings. The van der Waals surface area contributed by atoms with Crippen molar-refractivity contribution in [3.8, 4) is 5.75 Å². The minimum absolute atomic E-state index is 0. The van der Waals surface area contributed by atoms with Gasteiger partial charge in [0.15, 0.2) is 27.9 Å². The molecule has 0 aliphatic carbocycles. The summed E-state index contributed by atoms with van der Waals surface area (Å²) in [7, 11) is -3.18. The summed E-state index contributed by atoms with van der Waals surface area (Å²) in [6, 6.07) is 15.2. The number of aromatic nitrogens is 3. The first-order valence-corrected chi connectivity index (χ1v) is 28.7. The maximum atomic E-state index is 14.6. The minimum atomic E-state index is -5.26. The van der Waals surface area contributed by atoms with E-state index in [-0.39, 0.29) is 158 Å². The summed E-state index contributed by atoms with van der Waals surface area (Å²) in [5.74, 6) is -1.92. The van der Waals surface area contributed by atoms with Crippen LogP contribution in [0.15, 0.2) is 91.6 Å². The molecule has 0 fully saturated rings. The molecule has 0 aliphatic heterocycles. The van der Waals surface area contributed by atoms with Gasteiger partial charge in [-0.3, -0.25) is 18.7 Å². The second-order valence-electron chi connectivity index (χ2n) is 12.1. The van der Waals surface area contributed by atoms with E-state index in [1.54, 1.807) is 12.1 Å². The summed E-state index contributed by atoms with van der Waals surface area (Å²) in [4.78, 5) is 12.4. The number of azo groups is 1. The summed E-state index contributed by atoms with van der Waals surface area (Å²) in [5, 5.41) is 51.4. The number of aromatic hydroxyl groups is 1. The van der Waals surface area contributed by atoms with Gasteiger partial charge < -0.3 is 30.8 Å². The number of nitrogens with zero attached hydrogens (tertiary/aromatic N) is 6. The molecule has 62 heavy (non-hydrogen) atoms. The summed E-state index contributed by atoms with van der Waals surface area (Å²) < 4.78 is 90.6. The monoisotopic (exact) mass is 1190 g/mol. The summed E-state index contributed by atoms with van der Waals surface area (Å²) in [6.07, 6.45) is -1.26. The molecular formula is C31H30FI2N8Na3O13S4. The fraction of sp³-hybridized carbons (Fsp3) is 0.194. The first-order valence-electron chi connectivity index (χ1n) is 15.8. The molecule has 0 unspecified atom stereocenters. The number of anilines is 4. The Balaban J connectivity index is 0.00000311. The van der Waals surface area contributed by atoms with Crippen LogP contribution in [-0.2, 0) is 42.9 Å². The maximum absolute atomic E-state index is 14.6. The molecule has 0 bridgehead atoms. The number of hydrogen-bond donors (Lipinski definition) is 3. The van der Waals surface area contributed by atoms with Crippen molar-refractivity contribution in [1.82, 2.24) is 19.4 Å². The van der Waals surface area contributed by atoms with Gasteiger partial charge in [-0.25, -0.2) is 16.8 Å². The first-order chi connectivity index (χ1) is 27.9. The number of nitrogens with one attached hydrogen (secondary N) is 2. The molecule has 0 spiro atoms. The van der Waals surface area contributed by atoms with Gasteiger partial charge in [0, 0.05) is 23.2 Å². The van der Waals surface area contributed by atoms with Crippen molar-refractivity contribution in [2.75, 3.05) is 49.1 Å². The van der Waals surface area contributed by atoms with Gasteiger partial charge in [0.2, 0.25) is 11.9 Å². The molecule has 1 heterocycles. The van der Waals surface area contributed by atoms with Crippen molar-refractivity contribution in [1.29, 1.82) is 0 Å². The van der Waals surface area contributed by atoms with Crippen LogP contribution >= 0.6 is 43.0 Å². The predicted octanol–water partition coefficient (Wildman–Crippen LogP) is -7.25. The Morgan fingerprint density at radius 3 is 2.05 bits per heavy atom. The van der Waals surface area contributed by atoms with Gasteiger partial charge in [0.05, 0.1) is 71.6 Å². The molecule has 0 saturated carbocycles. The van der Waals surface area contributed by atoms with Crippen LogP contribution in [0.4, 0.5) is 44.7 Å². The van der Waals surface area contributed by atoms with Gasteiger partial charge >= 0.3 is 136 Å². The molecule has 0 radical (unpaired) electrons. The van der Waals surface area contributed by atoms with E-state index >= 15 is 0 Å². The zero-order valence-electron chi connectivity index (χ0n) is 33.6. The van der Waals surface area contributed by atoms with E-state index in [4.69, 9.17) is 4.18 Å². The van der Waals surface area contributed by atoms with Gasteiger partial charge in [-0.2, -0.15) is 28.8 Å². The predicted molar refractivity (Wildman–Crippen MR) is 212 cm³/mol. The third kappa shape index (κ3) is 18.1. The molecule has 0 atom stereocenters. The molecule has 320 valence electrons. The minimum Gasteiger partial charge on any atom is -0.744 e. The first kappa shape index (κ1) is 59.8. The SMILES string of the molecule is C[I-]I.C[N+](C)(C)c1ccc(Nc2nc(F)nc(Nc3cc4c(O)c(N=Nc5ccc(S(=O)(=O)CCOSOO[O-])cc5)c(SOO[O-])cc4cc3S(=O)(=O)[O-])n2)cc1.[Na+].[Na+].[Na+]. The number of phenols is 1. The van der Waals surface area contributed by atoms with E-state index in [0.717, 1.165) is 17.8 Å². The van der Waals surface area contributed by atoms with Gasteiger partial charge in [-0.05, 0) is 60.0 Å². The van der Waals surface area contributed by atoms with Crippen LogP contribution in [0.3, 0.4) is 0 Å². The van der Waals surface area contributed by atoms with Crippen LogP contribution in [-0.4, -0.2) is 79.9 Å². The van der Waals surface area contributed by atoms with E-state index in [0.29, 0.717) is 27.4 Å². The van der Waals surface area contributed by atoms with E-state index in [9.17, 15) is 41.4 Å². The molecule has 0 saturated heterocycles. The number of fused-ring (bicyclic) bond motifs is 1. The standard InChI is InChI=1S/C30H29FN8O13S4.CH3I2.3Na/c1-39(2,3)20-8-4-18(5-9-20)32-29-34-28(31)35-30(36-29)33-23-16-22-17(15-25(23)56(45,46)47)14-24(53-51-49-41)26(27(22)40)38-37-19-6-10-21(11-7-19)55(43,44)13-12-48-54-52-50-42;1-3-2;;;/h4-11,14-16H,12-13H2,1-3H3,(H5-,32,33,34,35,36,37,38,40,41,42,45,46,47);1H3;;;/q;-1;3*+1/p-2. The smallest absolute Gasteiger partial charge is 0.744 e. The van der Waals surface area contributed by atoms with Crippen molar-refractivity contribution in [2.45, 2.75) is 14.7 Å². The number of hydrogen-bond acceptors (Lipinski definition) is 22. The molecule has 5 rings (SSSR count). The van der Waals surface area contributed by atoms with Crippen LogP contribution in [0.2, 0.25) is 0 Å². The molecule has 0 aliphatic rings. The number of rotatable bonds is 18. The van der Waals surface area contributed by atoms with Crippen molar-refractivity contribution in [3.63, 3.8) is 0 Å². The summed E-state index contributed by atoms with van der Waals surface area (Å²) >= 11 is 3.38. The van der Waals surface area contributed by atoms with E-state index in [2.05, 4.69) is 78.1 Å². The Kier molecular flexibility index (Phi) is 27.2. The molecular weight excluding hydrogens is 1160 g/mol. The van der Waals surface area contributed by atoms with Crippen molar-refractivity contribution < 1.29 is 170 Å².